The Balaban J connectivity index is 2.35. The third kappa shape index (κ3) is 3.31. The van der Waals surface area contributed by atoms with Crippen LogP contribution in [0.25, 0.3) is 0 Å². The molecule has 1 N–H and O–H groups in total. The van der Waals surface area contributed by atoms with Crippen molar-refractivity contribution in [2.24, 2.45) is 0 Å². The van der Waals surface area contributed by atoms with Gasteiger partial charge in [0.25, 0.3) is 0 Å². The second-order valence-corrected chi connectivity index (χ2v) is 2.82. The minimum Gasteiger partial charge on any atom is -0.448 e. The zero-order chi connectivity index (χ0) is 8.32. The monoisotopic (exact) mass is 182 g/mol. The second-order valence-electron chi connectivity index (χ2n) is 1.81. The molecule has 1 heterocycles. The molecule has 0 aliphatic rings. The van der Waals surface area contributed by atoms with E-state index in [0.717, 1.165) is 0 Å². The van der Waals surface area contributed by atoms with Gasteiger partial charge in [0.2, 0.25) is 0 Å². The molecule has 0 aliphatic carbocycles. The molecule has 8 heteroatoms. The maximum atomic E-state index is 11.6. The fraction of sp³-hybridized carbons (Fsp3) is 0.333. The molecule has 1 aromatic heterocycles. The Bertz CT molecular complexity index is 210. The van der Waals surface area contributed by atoms with Crippen LogP contribution in [0.2, 0.25) is 0 Å². The van der Waals surface area contributed by atoms with Gasteiger partial charge in [-0.25, -0.2) is 4.98 Å². The van der Waals surface area contributed by atoms with E-state index in [0.29, 0.717) is 11.8 Å². The molecule has 0 fully saturated rings. The number of hydrogen-bond acceptors (Lipinski definition) is 3. The van der Waals surface area contributed by atoms with E-state index in [9.17, 15) is 12.9 Å². The highest BCUT2D eigenvalue weighted by Gasteiger charge is 2.23. The van der Waals surface area contributed by atoms with Crippen molar-refractivity contribution in [3.05, 3.63) is 6.33 Å². The summed E-state index contributed by atoms with van der Waals surface area (Å²) in [5, 5.41) is 5.93. The highest BCUT2D eigenvalue weighted by Crippen LogP contribution is 2.20. The molecule has 0 saturated carbocycles. The van der Waals surface area contributed by atoms with Crippen LogP contribution in [0.4, 0.5) is 12.9 Å². The van der Waals surface area contributed by atoms with Gasteiger partial charge in [-0.2, -0.15) is 5.10 Å². The summed E-state index contributed by atoms with van der Waals surface area (Å²) in [5.74, 6) is 0. The lowest BCUT2D eigenvalue weighted by molar-refractivity contribution is 0.485. The number of rotatable bonds is 3. The van der Waals surface area contributed by atoms with Crippen LogP contribution in [0.15, 0.2) is 11.5 Å². The number of aromatic nitrogens is 3. The summed E-state index contributed by atoms with van der Waals surface area (Å²) in [6.45, 7) is -4.73. The second kappa shape index (κ2) is 3.16. The highest BCUT2D eigenvalue weighted by atomic mass is 32.2. The van der Waals surface area contributed by atoms with E-state index in [-0.39, 0.29) is 5.16 Å². The van der Waals surface area contributed by atoms with Gasteiger partial charge in [-0.1, -0.05) is 0 Å². The van der Waals surface area contributed by atoms with E-state index in [1.54, 1.807) is 0 Å². The predicted molar refractivity (Wildman–Crippen MR) is 36.2 cm³/mol. The van der Waals surface area contributed by atoms with Gasteiger partial charge in [0.1, 0.15) is 6.33 Å². The molecule has 0 radical (unpaired) electrons. The van der Waals surface area contributed by atoms with Gasteiger partial charge in [0.15, 0.2) is 5.16 Å². The van der Waals surface area contributed by atoms with Crippen LogP contribution in [0.1, 0.15) is 0 Å². The number of thioether (sulfide) groups is 1. The van der Waals surface area contributed by atoms with Crippen molar-refractivity contribution in [1.29, 1.82) is 0 Å². The normalized spacial score (nSPS) is 11.9. The average molecular weight is 182 g/mol. The molecule has 0 aromatic carbocycles. The van der Waals surface area contributed by atoms with Crippen molar-refractivity contribution < 1.29 is 12.9 Å². The molecule has 0 bridgehead atoms. The van der Waals surface area contributed by atoms with Crippen LogP contribution in [0.3, 0.4) is 0 Å². The summed E-state index contributed by atoms with van der Waals surface area (Å²) >= 11 is 0.608. The standard InChI is InChI=1S/C3H4BF3N3S/c5-4(6,7)1-11-3-8-2-9-10-3/h2H,1H2,(H,8,9,10)/q-1. The first-order valence-corrected chi connectivity index (χ1v) is 3.75. The van der Waals surface area contributed by atoms with Gasteiger partial charge in [0.05, 0.1) is 0 Å². The van der Waals surface area contributed by atoms with Crippen molar-refractivity contribution in [3.63, 3.8) is 0 Å². The molecule has 1 aromatic rings. The summed E-state index contributed by atoms with van der Waals surface area (Å²) in [4.78, 5) is 3.53. The van der Waals surface area contributed by atoms with Crippen molar-refractivity contribution in [3.8, 4) is 0 Å². The van der Waals surface area contributed by atoms with E-state index < -0.39 is 12.6 Å². The van der Waals surface area contributed by atoms with E-state index in [1.807, 2.05) is 0 Å². The van der Waals surface area contributed by atoms with Crippen LogP contribution in [0, 0.1) is 0 Å². The molecule has 0 unspecified atom stereocenters. The Hall–Kier alpha value is -0.655. The molecule has 0 aliphatic heterocycles. The minimum atomic E-state index is -4.73. The van der Waals surface area contributed by atoms with E-state index >= 15 is 0 Å². The topological polar surface area (TPSA) is 41.6 Å². The molecule has 62 valence electrons. The lowest BCUT2D eigenvalue weighted by Gasteiger charge is -2.10. The fourth-order valence-electron chi connectivity index (χ4n) is 0.437. The summed E-state index contributed by atoms with van der Waals surface area (Å²) in [5.41, 5.74) is -0.880. The SMILES string of the molecule is F[B-](F)(F)CSc1ncn[nH]1. The molecule has 11 heavy (non-hydrogen) atoms. The number of nitrogens with one attached hydrogen (secondary N) is 1. The summed E-state index contributed by atoms with van der Waals surface area (Å²) < 4.78 is 34.9. The number of H-pyrrole nitrogens is 1. The largest absolute Gasteiger partial charge is 0.488 e. The minimum absolute atomic E-state index is 0.198. The number of halogens is 3. The summed E-state index contributed by atoms with van der Waals surface area (Å²) in [7, 11) is 0. The number of nitrogens with zero attached hydrogens (tertiary/aromatic N) is 2. The molecule has 0 amide bonds. The first kappa shape index (κ1) is 8.44. The number of aromatic amines is 1. The molecule has 1 rings (SSSR count). The lowest BCUT2D eigenvalue weighted by atomic mass is 9.98. The van der Waals surface area contributed by atoms with Gasteiger partial charge < -0.3 is 12.9 Å². The van der Waals surface area contributed by atoms with Crippen molar-refractivity contribution >= 4 is 18.7 Å². The maximum absolute atomic E-state index is 11.6. The van der Waals surface area contributed by atoms with Crippen LogP contribution in [-0.4, -0.2) is 27.8 Å². The van der Waals surface area contributed by atoms with Gasteiger partial charge in [-0.15, -0.1) is 11.8 Å². The first-order valence-electron chi connectivity index (χ1n) is 2.77. The van der Waals surface area contributed by atoms with Gasteiger partial charge >= 0.3 is 6.98 Å². The third-order valence-corrected chi connectivity index (χ3v) is 1.82. The van der Waals surface area contributed by atoms with Crippen molar-refractivity contribution in [2.45, 2.75) is 5.16 Å². The maximum Gasteiger partial charge on any atom is 0.488 e. The van der Waals surface area contributed by atoms with Crippen molar-refractivity contribution in [2.75, 3.05) is 5.65 Å². The molecular weight excluding hydrogens is 178 g/mol. The smallest absolute Gasteiger partial charge is 0.448 e. The van der Waals surface area contributed by atoms with Gasteiger partial charge in [-0.05, 0) is 5.65 Å². The van der Waals surface area contributed by atoms with Crippen LogP contribution in [-0.2, 0) is 0 Å². The fourth-order valence-corrected chi connectivity index (χ4v) is 1.02. The van der Waals surface area contributed by atoms with Crippen LogP contribution in [0.5, 0.6) is 0 Å². The molecule has 3 nitrogen and oxygen atoms in total. The van der Waals surface area contributed by atoms with Gasteiger partial charge in [0, 0.05) is 0 Å². The Morgan fingerprint density at radius 2 is 2.27 bits per heavy atom. The summed E-state index contributed by atoms with van der Waals surface area (Å²) in [6, 6.07) is 0. The Labute approximate surface area is 64.8 Å². The molecule has 0 spiro atoms. The lowest BCUT2D eigenvalue weighted by Crippen LogP contribution is -2.19. The molecule has 0 atom stereocenters. The number of hydrogen-bond donors (Lipinski definition) is 1. The average Bonchev–Trinajstić information content (AvgIpc) is 2.32. The quantitative estimate of drug-likeness (QED) is 0.565. The Morgan fingerprint density at radius 3 is 2.73 bits per heavy atom. The Morgan fingerprint density at radius 1 is 1.55 bits per heavy atom. The summed E-state index contributed by atoms with van der Waals surface area (Å²) in [6.07, 6.45) is 1.17. The molecule has 0 saturated heterocycles. The predicted octanol–water partition coefficient (Wildman–Crippen LogP) is 1.28. The van der Waals surface area contributed by atoms with Crippen LogP contribution < -0.4 is 0 Å². The zero-order valence-electron chi connectivity index (χ0n) is 5.30. The van der Waals surface area contributed by atoms with Gasteiger partial charge in [-0.3, -0.25) is 5.10 Å². The molecular formula is C3H4BF3N3S-. The van der Waals surface area contributed by atoms with E-state index in [1.165, 1.54) is 6.33 Å². The van der Waals surface area contributed by atoms with E-state index in [4.69, 9.17) is 0 Å². The van der Waals surface area contributed by atoms with Crippen molar-refractivity contribution in [1.82, 2.24) is 15.2 Å². The highest BCUT2D eigenvalue weighted by molar-refractivity contribution is 8.00. The van der Waals surface area contributed by atoms with Crippen LogP contribution >= 0.6 is 11.8 Å². The Kier molecular flexibility index (Phi) is 2.43. The first-order chi connectivity index (χ1) is 5.08. The van der Waals surface area contributed by atoms with E-state index in [2.05, 4.69) is 15.2 Å². The third-order valence-electron chi connectivity index (χ3n) is 0.802. The zero-order valence-corrected chi connectivity index (χ0v) is 6.11.